The fourth-order valence-corrected chi connectivity index (χ4v) is 2.97. The summed E-state index contributed by atoms with van der Waals surface area (Å²) in [5.74, 6) is -0.164. The van der Waals surface area contributed by atoms with Crippen LogP contribution in [-0.4, -0.2) is 41.7 Å². The highest BCUT2D eigenvalue weighted by molar-refractivity contribution is 5.87. The van der Waals surface area contributed by atoms with Crippen molar-refractivity contribution >= 4 is 5.97 Å². The maximum Gasteiger partial charge on any atom is 0.335 e. The van der Waals surface area contributed by atoms with E-state index in [0.29, 0.717) is 12.2 Å². The van der Waals surface area contributed by atoms with Crippen molar-refractivity contribution < 1.29 is 14.6 Å². The van der Waals surface area contributed by atoms with Gasteiger partial charge in [-0.15, -0.1) is 0 Å². The van der Waals surface area contributed by atoms with E-state index in [1.165, 1.54) is 32.2 Å². The third-order valence-electron chi connectivity index (χ3n) is 4.18. The lowest BCUT2D eigenvalue weighted by molar-refractivity contribution is 0.0697. The molecule has 1 aromatic carbocycles. The molecular weight excluding hydrogens is 266 g/mol. The average Bonchev–Trinajstić information content (AvgIpc) is 2.52. The molecule has 4 nitrogen and oxygen atoms in total. The Bertz CT molecular complexity index is 444. The molecular formula is C17H25NO3. The molecule has 1 N–H and O–H groups in total. The first kappa shape index (κ1) is 15.8. The van der Waals surface area contributed by atoms with Gasteiger partial charge in [-0.1, -0.05) is 13.3 Å². The Hall–Kier alpha value is -1.55. The number of benzene rings is 1. The van der Waals surface area contributed by atoms with Gasteiger partial charge in [-0.2, -0.15) is 0 Å². The quantitative estimate of drug-likeness (QED) is 0.782. The molecule has 116 valence electrons. The van der Waals surface area contributed by atoms with E-state index < -0.39 is 5.97 Å². The molecule has 0 spiro atoms. The zero-order valence-electron chi connectivity index (χ0n) is 12.8. The number of piperidine rings is 1. The predicted molar refractivity (Wildman–Crippen MR) is 83.0 cm³/mol. The Balaban J connectivity index is 1.70. The molecule has 1 heterocycles. The van der Waals surface area contributed by atoms with Crippen molar-refractivity contribution in [1.29, 1.82) is 0 Å². The third kappa shape index (κ3) is 4.74. The van der Waals surface area contributed by atoms with E-state index in [1.807, 2.05) is 0 Å². The summed E-state index contributed by atoms with van der Waals surface area (Å²) in [6, 6.07) is 7.34. The molecule has 4 heteroatoms. The highest BCUT2D eigenvalue weighted by atomic mass is 16.5. The number of ether oxygens (including phenoxy) is 1. The van der Waals surface area contributed by atoms with Crippen LogP contribution in [-0.2, 0) is 0 Å². The maximum absolute atomic E-state index is 10.8. The lowest BCUT2D eigenvalue weighted by atomic mass is 10.00. The van der Waals surface area contributed by atoms with Crippen LogP contribution in [0.4, 0.5) is 0 Å². The fraction of sp³-hybridized carbons (Fsp3) is 0.588. The van der Waals surface area contributed by atoms with Gasteiger partial charge < -0.3 is 14.7 Å². The van der Waals surface area contributed by atoms with Crippen molar-refractivity contribution in [2.75, 3.05) is 19.7 Å². The Morgan fingerprint density at radius 2 is 2.10 bits per heavy atom. The number of carboxylic acid groups (broad SMARTS) is 1. The van der Waals surface area contributed by atoms with Gasteiger partial charge in [-0.25, -0.2) is 4.79 Å². The van der Waals surface area contributed by atoms with E-state index in [1.54, 1.807) is 24.3 Å². The molecule has 1 saturated heterocycles. The highest BCUT2D eigenvalue weighted by Crippen LogP contribution is 2.19. The van der Waals surface area contributed by atoms with E-state index >= 15 is 0 Å². The molecule has 0 radical (unpaired) electrons. The van der Waals surface area contributed by atoms with Crippen LogP contribution in [0.5, 0.6) is 5.75 Å². The first-order valence-electron chi connectivity index (χ1n) is 7.91. The molecule has 0 bridgehead atoms. The minimum atomic E-state index is -0.905. The van der Waals surface area contributed by atoms with Crippen LogP contribution in [0.3, 0.4) is 0 Å². The lowest BCUT2D eigenvalue weighted by Crippen LogP contribution is -2.40. The molecule has 0 unspecified atom stereocenters. The minimum absolute atomic E-state index is 0.293. The van der Waals surface area contributed by atoms with E-state index in [0.717, 1.165) is 24.8 Å². The topological polar surface area (TPSA) is 49.8 Å². The van der Waals surface area contributed by atoms with E-state index in [2.05, 4.69) is 11.8 Å². The molecule has 2 rings (SSSR count). The standard InChI is InChI=1S/C17H25NO3/c1-2-15-6-3-4-11-18(15)12-5-13-21-16-9-7-14(8-10-16)17(19)20/h7-10,15H,2-6,11-13H2,1H3,(H,19,20)/t15-/m1/s1. The van der Waals surface area contributed by atoms with Crippen LogP contribution in [0, 0.1) is 0 Å². The second kappa shape index (κ2) is 8.03. The molecule has 0 aliphatic carbocycles. The van der Waals surface area contributed by atoms with E-state index in [9.17, 15) is 4.79 Å². The number of rotatable bonds is 7. The van der Waals surface area contributed by atoms with Gasteiger partial charge in [-0.05, 0) is 56.5 Å². The van der Waals surface area contributed by atoms with Crippen molar-refractivity contribution in [2.24, 2.45) is 0 Å². The molecule has 0 amide bonds. The monoisotopic (exact) mass is 291 g/mol. The summed E-state index contributed by atoms with van der Waals surface area (Å²) in [6.45, 7) is 5.25. The number of nitrogens with zero attached hydrogens (tertiary/aromatic N) is 1. The van der Waals surface area contributed by atoms with Gasteiger partial charge >= 0.3 is 5.97 Å². The number of aromatic carboxylic acids is 1. The number of carbonyl (C=O) groups is 1. The Kier molecular flexibility index (Phi) is 6.05. The predicted octanol–water partition coefficient (Wildman–Crippen LogP) is 3.42. The molecule has 1 aliphatic heterocycles. The van der Waals surface area contributed by atoms with Gasteiger partial charge in [0, 0.05) is 12.6 Å². The van der Waals surface area contributed by atoms with Crippen LogP contribution in [0.25, 0.3) is 0 Å². The van der Waals surface area contributed by atoms with Crippen molar-refractivity contribution in [3.05, 3.63) is 29.8 Å². The van der Waals surface area contributed by atoms with Crippen LogP contribution in [0.1, 0.15) is 49.4 Å². The summed E-state index contributed by atoms with van der Waals surface area (Å²) < 4.78 is 5.68. The van der Waals surface area contributed by atoms with E-state index in [4.69, 9.17) is 9.84 Å². The molecule has 1 fully saturated rings. The number of hydrogen-bond acceptors (Lipinski definition) is 3. The Labute approximate surface area is 126 Å². The number of hydrogen-bond donors (Lipinski definition) is 1. The first-order valence-corrected chi connectivity index (χ1v) is 7.91. The molecule has 1 atom stereocenters. The summed E-state index contributed by atoms with van der Waals surface area (Å²) in [7, 11) is 0. The summed E-state index contributed by atoms with van der Waals surface area (Å²) in [4.78, 5) is 13.3. The summed E-state index contributed by atoms with van der Waals surface area (Å²) in [6.07, 6.45) is 6.25. The smallest absolute Gasteiger partial charge is 0.335 e. The summed E-state index contributed by atoms with van der Waals surface area (Å²) >= 11 is 0. The Morgan fingerprint density at radius 3 is 2.76 bits per heavy atom. The zero-order valence-corrected chi connectivity index (χ0v) is 12.8. The largest absolute Gasteiger partial charge is 0.494 e. The minimum Gasteiger partial charge on any atom is -0.494 e. The zero-order chi connectivity index (χ0) is 15.1. The maximum atomic E-state index is 10.8. The van der Waals surface area contributed by atoms with Gasteiger partial charge in [0.05, 0.1) is 12.2 Å². The van der Waals surface area contributed by atoms with Gasteiger partial charge in [0.15, 0.2) is 0 Å². The van der Waals surface area contributed by atoms with Crippen LogP contribution in [0.15, 0.2) is 24.3 Å². The average molecular weight is 291 g/mol. The van der Waals surface area contributed by atoms with E-state index in [-0.39, 0.29) is 0 Å². The Morgan fingerprint density at radius 1 is 1.33 bits per heavy atom. The highest BCUT2D eigenvalue weighted by Gasteiger charge is 2.19. The van der Waals surface area contributed by atoms with Gasteiger partial charge in [-0.3, -0.25) is 0 Å². The molecule has 0 aromatic heterocycles. The van der Waals surface area contributed by atoms with Gasteiger partial charge in [0.1, 0.15) is 5.75 Å². The second-order valence-corrected chi connectivity index (χ2v) is 5.63. The summed E-state index contributed by atoms with van der Waals surface area (Å²) in [5, 5.41) is 8.84. The normalized spacial score (nSPS) is 19.4. The van der Waals surface area contributed by atoms with Crippen molar-refractivity contribution in [2.45, 2.75) is 45.1 Å². The number of carboxylic acids is 1. The van der Waals surface area contributed by atoms with Gasteiger partial charge in [0.25, 0.3) is 0 Å². The summed E-state index contributed by atoms with van der Waals surface area (Å²) in [5.41, 5.74) is 0.293. The van der Waals surface area contributed by atoms with Crippen molar-refractivity contribution in [1.82, 2.24) is 4.90 Å². The molecule has 1 aliphatic rings. The first-order chi connectivity index (χ1) is 10.2. The van der Waals surface area contributed by atoms with Crippen molar-refractivity contribution in [3.63, 3.8) is 0 Å². The van der Waals surface area contributed by atoms with Crippen LogP contribution >= 0.6 is 0 Å². The lowest BCUT2D eigenvalue weighted by Gasteiger charge is -2.35. The number of likely N-dealkylation sites (tertiary alicyclic amines) is 1. The van der Waals surface area contributed by atoms with Crippen LogP contribution in [0.2, 0.25) is 0 Å². The SMILES string of the molecule is CC[C@@H]1CCCCN1CCCOc1ccc(C(=O)O)cc1. The third-order valence-corrected chi connectivity index (χ3v) is 4.18. The molecule has 0 saturated carbocycles. The van der Waals surface area contributed by atoms with Crippen molar-refractivity contribution in [3.8, 4) is 5.75 Å². The van der Waals surface area contributed by atoms with Gasteiger partial charge in [0.2, 0.25) is 0 Å². The fourth-order valence-electron chi connectivity index (χ4n) is 2.97. The van der Waals surface area contributed by atoms with Crippen LogP contribution < -0.4 is 4.74 Å². The molecule has 1 aromatic rings. The molecule has 21 heavy (non-hydrogen) atoms. The second-order valence-electron chi connectivity index (χ2n) is 5.63.